The fourth-order valence-corrected chi connectivity index (χ4v) is 5.92. The number of fused-ring (bicyclic) bond motifs is 1. The predicted octanol–water partition coefficient (Wildman–Crippen LogP) is 7.64. The van der Waals surface area contributed by atoms with E-state index in [0.717, 1.165) is 0 Å². The highest BCUT2D eigenvalue weighted by molar-refractivity contribution is 6.06. The number of ether oxygens (including phenoxy) is 1. The van der Waals surface area contributed by atoms with Crippen molar-refractivity contribution in [3.63, 3.8) is 0 Å². The smallest absolute Gasteiger partial charge is 0.421 e. The molecule has 1 fully saturated rings. The van der Waals surface area contributed by atoms with Crippen LogP contribution in [0.25, 0.3) is 0 Å². The van der Waals surface area contributed by atoms with Crippen LogP contribution in [-0.2, 0) is 27.7 Å². The Hall–Kier alpha value is -4.42. The minimum Gasteiger partial charge on any atom is -0.444 e. The van der Waals surface area contributed by atoms with Crippen molar-refractivity contribution in [3.8, 4) is 0 Å². The Morgan fingerprint density at radius 2 is 1.83 bits per heavy atom. The van der Waals surface area contributed by atoms with Gasteiger partial charge in [0.2, 0.25) is 11.9 Å². The third kappa shape index (κ3) is 6.73. The molecule has 2 aliphatic heterocycles. The van der Waals surface area contributed by atoms with Gasteiger partial charge in [-0.1, -0.05) is 18.2 Å². The van der Waals surface area contributed by atoms with Gasteiger partial charge in [-0.15, -0.1) is 0 Å². The van der Waals surface area contributed by atoms with E-state index in [9.17, 15) is 22.8 Å². The van der Waals surface area contributed by atoms with Gasteiger partial charge in [0.05, 0.1) is 5.41 Å². The first-order chi connectivity index (χ1) is 21.5. The van der Waals surface area contributed by atoms with Gasteiger partial charge < -0.3 is 25.6 Å². The summed E-state index contributed by atoms with van der Waals surface area (Å²) in [4.78, 5) is 34.5. The molecular formula is C33H38F4N6O3. The molecule has 0 aliphatic carbocycles. The molecule has 3 N–H and O–H groups in total. The fourth-order valence-electron chi connectivity index (χ4n) is 5.92. The maximum absolute atomic E-state index is 15.7. The number of likely N-dealkylation sites (tertiary alicyclic amines) is 1. The van der Waals surface area contributed by atoms with Gasteiger partial charge in [0, 0.05) is 42.8 Å². The van der Waals surface area contributed by atoms with E-state index in [0.29, 0.717) is 60.2 Å². The van der Waals surface area contributed by atoms with Gasteiger partial charge in [-0.3, -0.25) is 4.79 Å². The van der Waals surface area contributed by atoms with Crippen molar-refractivity contribution in [2.75, 3.05) is 29.0 Å². The fraction of sp³-hybridized carbons (Fsp3) is 0.455. The van der Waals surface area contributed by atoms with Crippen LogP contribution in [0.4, 0.5) is 45.5 Å². The topological polar surface area (TPSA) is 108 Å². The van der Waals surface area contributed by atoms with E-state index >= 15 is 4.39 Å². The van der Waals surface area contributed by atoms with E-state index in [1.807, 2.05) is 0 Å². The summed E-state index contributed by atoms with van der Waals surface area (Å²) in [5.74, 6) is -1.34. The first kappa shape index (κ1) is 33.0. The Labute approximate surface area is 265 Å². The number of halogens is 4. The third-order valence-corrected chi connectivity index (χ3v) is 8.38. The largest absolute Gasteiger partial charge is 0.444 e. The summed E-state index contributed by atoms with van der Waals surface area (Å²) >= 11 is 0. The zero-order valence-electron chi connectivity index (χ0n) is 26.7. The van der Waals surface area contributed by atoms with Crippen LogP contribution in [0.1, 0.15) is 81.2 Å². The van der Waals surface area contributed by atoms with Crippen molar-refractivity contribution >= 4 is 35.1 Å². The number of amides is 2. The second-order valence-electron chi connectivity index (χ2n) is 13.2. The van der Waals surface area contributed by atoms with Crippen molar-refractivity contribution in [1.82, 2.24) is 14.9 Å². The average Bonchev–Trinajstić information content (AvgIpc) is 3.21. The molecule has 13 heteroatoms. The number of piperidine rings is 1. The molecular weight excluding hydrogens is 604 g/mol. The lowest BCUT2D eigenvalue weighted by Gasteiger charge is -2.34. The van der Waals surface area contributed by atoms with E-state index in [1.54, 1.807) is 76.8 Å². The normalized spacial score (nSPS) is 16.6. The summed E-state index contributed by atoms with van der Waals surface area (Å²) in [5, 5.41) is 8.47. The standard InChI is InChI=1S/C33H38F4N6O3/c1-18-23(11-10-21(26(18)34)19-12-14-43(15-13-19)30(45)46-31(2,3)4)41-29-39-17-22(33(35,36)37)27(42-29)38-16-20-8-7-9-24-25(20)32(5,6)28(44)40-24/h7-11,17,19H,12-16H2,1-6H3,(H,40,44)(H2,38,39,41,42). The molecule has 46 heavy (non-hydrogen) atoms. The van der Waals surface area contributed by atoms with E-state index in [-0.39, 0.29) is 29.9 Å². The molecule has 9 nitrogen and oxygen atoms in total. The number of nitrogens with one attached hydrogen (secondary N) is 3. The van der Waals surface area contributed by atoms with Crippen molar-refractivity contribution in [2.24, 2.45) is 0 Å². The number of rotatable bonds is 6. The van der Waals surface area contributed by atoms with Crippen LogP contribution >= 0.6 is 0 Å². The van der Waals surface area contributed by atoms with Crippen molar-refractivity contribution in [3.05, 3.63) is 70.2 Å². The van der Waals surface area contributed by atoms with Gasteiger partial charge in [-0.2, -0.15) is 18.2 Å². The number of hydrogen-bond donors (Lipinski definition) is 3. The molecule has 246 valence electrons. The third-order valence-electron chi connectivity index (χ3n) is 8.38. The number of nitrogens with zero attached hydrogens (tertiary/aromatic N) is 3. The number of anilines is 4. The van der Waals surface area contributed by atoms with Crippen LogP contribution in [0.15, 0.2) is 36.5 Å². The number of carbonyl (C=O) groups is 2. The van der Waals surface area contributed by atoms with Gasteiger partial charge in [0.1, 0.15) is 22.8 Å². The predicted molar refractivity (Wildman–Crippen MR) is 167 cm³/mol. The molecule has 0 unspecified atom stereocenters. The second kappa shape index (κ2) is 12.1. The molecule has 2 aliphatic rings. The van der Waals surface area contributed by atoms with Crippen LogP contribution in [-0.4, -0.2) is 45.6 Å². The maximum Gasteiger partial charge on any atom is 0.421 e. The number of aromatic nitrogens is 2. The number of benzene rings is 2. The van der Waals surface area contributed by atoms with Gasteiger partial charge in [-0.25, -0.2) is 14.2 Å². The summed E-state index contributed by atoms with van der Waals surface area (Å²) in [7, 11) is 0. The molecule has 0 bridgehead atoms. The molecule has 0 spiro atoms. The summed E-state index contributed by atoms with van der Waals surface area (Å²) in [6.07, 6.45) is -3.33. The van der Waals surface area contributed by atoms with Gasteiger partial charge in [0.25, 0.3) is 0 Å². The highest BCUT2D eigenvalue weighted by Gasteiger charge is 2.40. The Kier molecular flexibility index (Phi) is 8.65. The van der Waals surface area contributed by atoms with Gasteiger partial charge in [0.15, 0.2) is 0 Å². The first-order valence-corrected chi connectivity index (χ1v) is 15.1. The van der Waals surface area contributed by atoms with E-state index in [2.05, 4.69) is 25.9 Å². The molecule has 1 saturated heterocycles. The number of alkyl halides is 3. The van der Waals surface area contributed by atoms with E-state index in [1.165, 1.54) is 0 Å². The van der Waals surface area contributed by atoms with Crippen LogP contribution in [0.5, 0.6) is 0 Å². The van der Waals surface area contributed by atoms with Crippen molar-refractivity contribution < 1.29 is 31.9 Å². The lowest BCUT2D eigenvalue weighted by atomic mass is 9.83. The van der Waals surface area contributed by atoms with Crippen LogP contribution < -0.4 is 16.0 Å². The molecule has 0 saturated carbocycles. The molecule has 3 heterocycles. The summed E-state index contributed by atoms with van der Waals surface area (Å²) in [6, 6.07) is 8.52. The molecule has 3 aromatic rings. The highest BCUT2D eigenvalue weighted by atomic mass is 19.4. The average molecular weight is 643 g/mol. The Morgan fingerprint density at radius 3 is 2.48 bits per heavy atom. The van der Waals surface area contributed by atoms with Gasteiger partial charge >= 0.3 is 12.3 Å². The molecule has 0 radical (unpaired) electrons. The molecule has 0 atom stereocenters. The molecule has 2 amide bonds. The van der Waals surface area contributed by atoms with Crippen molar-refractivity contribution in [1.29, 1.82) is 0 Å². The Morgan fingerprint density at radius 1 is 1.13 bits per heavy atom. The molecule has 1 aromatic heterocycles. The van der Waals surface area contributed by atoms with Crippen LogP contribution in [0.2, 0.25) is 0 Å². The molecule has 5 rings (SSSR count). The Bertz CT molecular complexity index is 1660. The number of carbonyl (C=O) groups excluding carboxylic acids is 2. The first-order valence-electron chi connectivity index (χ1n) is 15.1. The van der Waals surface area contributed by atoms with E-state index < -0.39 is 40.5 Å². The van der Waals surface area contributed by atoms with Crippen LogP contribution in [0, 0.1) is 12.7 Å². The van der Waals surface area contributed by atoms with Crippen LogP contribution in [0.3, 0.4) is 0 Å². The summed E-state index contributed by atoms with van der Waals surface area (Å²) < 4.78 is 62.9. The van der Waals surface area contributed by atoms with E-state index in [4.69, 9.17) is 4.74 Å². The quantitative estimate of drug-likeness (QED) is 0.237. The minimum absolute atomic E-state index is 0.0316. The number of hydrogen-bond acceptors (Lipinski definition) is 7. The van der Waals surface area contributed by atoms with Gasteiger partial charge in [-0.05, 0) is 89.1 Å². The molecule has 2 aromatic carbocycles. The second-order valence-corrected chi connectivity index (χ2v) is 13.2. The summed E-state index contributed by atoms with van der Waals surface area (Å²) in [5.41, 5.74) is 0.527. The monoisotopic (exact) mass is 642 g/mol. The lowest BCUT2D eigenvalue weighted by molar-refractivity contribution is -0.137. The zero-order valence-corrected chi connectivity index (χ0v) is 26.7. The SMILES string of the molecule is Cc1c(Nc2ncc(C(F)(F)F)c(NCc3cccc4c3C(C)(C)C(=O)N4)n2)ccc(C2CCN(C(=O)OC(C)(C)C)CC2)c1F. The summed E-state index contributed by atoms with van der Waals surface area (Å²) in [6.45, 7) is 11.3. The maximum atomic E-state index is 15.7. The lowest BCUT2D eigenvalue weighted by Crippen LogP contribution is -2.41. The van der Waals surface area contributed by atoms with Crippen molar-refractivity contribution in [2.45, 2.75) is 84.0 Å². The Balaban J connectivity index is 1.33. The zero-order chi connectivity index (χ0) is 33.6. The minimum atomic E-state index is -4.74. The highest BCUT2D eigenvalue weighted by Crippen LogP contribution is 2.41.